The third kappa shape index (κ3) is 4.49. The standard InChI is InChI=1S/C51H35NS/c1-51(2)47-20-9-7-16-42(47)43-29-27-35(31-48(43)51)52(34-26-28-41-39-14-4-3-12-37(39)38-13-5-6-15-40(38)46(41)30-34)33-24-22-32(23-25-33)36-18-11-19-45-44-17-8-10-21-49(44)53-50(36)45/h3-31H,1-2H3. The highest BCUT2D eigenvalue weighted by Crippen LogP contribution is 2.51. The van der Waals surface area contributed by atoms with E-state index in [9.17, 15) is 0 Å². The second kappa shape index (κ2) is 11.4. The van der Waals surface area contributed by atoms with E-state index in [1.165, 1.54) is 85.9 Å². The highest BCUT2D eigenvalue weighted by Gasteiger charge is 2.35. The SMILES string of the molecule is CC1(C)c2ccccc2-c2ccc(N(c3ccc(-c4cccc5c4sc4ccccc45)cc3)c3ccc4c5ccccc5c5ccccc5c4c3)cc21. The number of hydrogen-bond acceptors (Lipinski definition) is 2. The van der Waals surface area contributed by atoms with Crippen molar-refractivity contribution in [2.45, 2.75) is 19.3 Å². The van der Waals surface area contributed by atoms with Gasteiger partial charge in [0.15, 0.2) is 0 Å². The molecule has 0 amide bonds. The van der Waals surface area contributed by atoms with E-state index in [4.69, 9.17) is 0 Å². The van der Waals surface area contributed by atoms with Gasteiger partial charge in [-0.05, 0) is 108 Å². The third-order valence-electron chi connectivity index (χ3n) is 11.7. The molecule has 0 unspecified atom stereocenters. The predicted molar refractivity (Wildman–Crippen MR) is 230 cm³/mol. The topological polar surface area (TPSA) is 3.24 Å². The Labute approximate surface area is 313 Å². The zero-order chi connectivity index (χ0) is 35.3. The summed E-state index contributed by atoms with van der Waals surface area (Å²) >= 11 is 1.89. The normalized spacial score (nSPS) is 13.2. The van der Waals surface area contributed by atoms with Gasteiger partial charge in [0.05, 0.1) is 0 Å². The van der Waals surface area contributed by atoms with Crippen molar-refractivity contribution < 1.29 is 0 Å². The van der Waals surface area contributed by atoms with Crippen molar-refractivity contribution in [1.29, 1.82) is 0 Å². The fraction of sp³-hybridized carbons (Fsp3) is 0.0588. The number of thiophene rings is 1. The summed E-state index contributed by atoms with van der Waals surface area (Å²) in [6.07, 6.45) is 0. The summed E-state index contributed by atoms with van der Waals surface area (Å²) in [5.41, 5.74) is 11.3. The van der Waals surface area contributed by atoms with Crippen LogP contribution in [-0.4, -0.2) is 0 Å². The summed E-state index contributed by atoms with van der Waals surface area (Å²) in [7, 11) is 0. The molecule has 1 heterocycles. The van der Waals surface area contributed by atoms with Gasteiger partial charge in [0.1, 0.15) is 0 Å². The highest BCUT2D eigenvalue weighted by molar-refractivity contribution is 7.26. The molecule has 10 aromatic rings. The highest BCUT2D eigenvalue weighted by atomic mass is 32.1. The fourth-order valence-electron chi connectivity index (χ4n) is 9.08. The lowest BCUT2D eigenvalue weighted by Crippen LogP contribution is -2.16. The van der Waals surface area contributed by atoms with Crippen LogP contribution in [0.3, 0.4) is 0 Å². The molecule has 0 bridgehead atoms. The van der Waals surface area contributed by atoms with Crippen LogP contribution in [0, 0.1) is 0 Å². The minimum atomic E-state index is -0.0983. The van der Waals surface area contributed by atoms with Crippen molar-refractivity contribution >= 4 is 80.9 Å². The molecule has 0 atom stereocenters. The van der Waals surface area contributed by atoms with Crippen LogP contribution < -0.4 is 4.90 Å². The Kier molecular flexibility index (Phi) is 6.53. The van der Waals surface area contributed by atoms with Crippen LogP contribution in [0.4, 0.5) is 17.1 Å². The van der Waals surface area contributed by atoms with Crippen LogP contribution in [0.25, 0.3) is 74.7 Å². The minimum Gasteiger partial charge on any atom is -0.310 e. The number of anilines is 3. The van der Waals surface area contributed by atoms with Gasteiger partial charge in [-0.3, -0.25) is 0 Å². The number of hydrogen-bond donors (Lipinski definition) is 0. The molecular formula is C51H35NS. The van der Waals surface area contributed by atoms with Crippen molar-refractivity contribution in [1.82, 2.24) is 0 Å². The molecule has 0 saturated carbocycles. The Bertz CT molecular complexity index is 3060. The molecule has 9 aromatic carbocycles. The molecule has 0 radical (unpaired) electrons. The third-order valence-corrected chi connectivity index (χ3v) is 12.9. The van der Waals surface area contributed by atoms with Crippen molar-refractivity contribution in [3.8, 4) is 22.3 Å². The molecule has 53 heavy (non-hydrogen) atoms. The molecule has 250 valence electrons. The fourth-order valence-corrected chi connectivity index (χ4v) is 10.3. The second-order valence-corrected chi connectivity index (χ2v) is 15.9. The molecule has 11 rings (SSSR count). The lowest BCUT2D eigenvalue weighted by Gasteiger charge is -2.28. The van der Waals surface area contributed by atoms with Gasteiger partial charge < -0.3 is 4.90 Å². The number of benzene rings is 9. The van der Waals surface area contributed by atoms with Crippen LogP contribution >= 0.6 is 11.3 Å². The Hall–Kier alpha value is -6.22. The summed E-state index contributed by atoms with van der Waals surface area (Å²) in [5, 5.41) is 10.4. The van der Waals surface area contributed by atoms with E-state index in [1.807, 2.05) is 11.3 Å². The molecule has 1 nitrogen and oxygen atoms in total. The van der Waals surface area contributed by atoms with Crippen LogP contribution in [0.15, 0.2) is 176 Å². The first-order valence-corrected chi connectivity index (χ1v) is 19.2. The summed E-state index contributed by atoms with van der Waals surface area (Å²) in [5.74, 6) is 0. The van der Waals surface area contributed by atoms with E-state index >= 15 is 0 Å². The monoisotopic (exact) mass is 693 g/mol. The van der Waals surface area contributed by atoms with Crippen LogP contribution in [0.1, 0.15) is 25.0 Å². The molecule has 0 N–H and O–H groups in total. The summed E-state index contributed by atoms with van der Waals surface area (Å²) in [6, 6.07) is 65.4. The van der Waals surface area contributed by atoms with Gasteiger partial charge in [-0.1, -0.05) is 147 Å². The minimum absolute atomic E-state index is 0.0983. The first-order valence-electron chi connectivity index (χ1n) is 18.4. The lowest BCUT2D eigenvalue weighted by atomic mass is 9.82. The van der Waals surface area contributed by atoms with Gasteiger partial charge in [-0.2, -0.15) is 0 Å². The van der Waals surface area contributed by atoms with Gasteiger partial charge in [0.2, 0.25) is 0 Å². The van der Waals surface area contributed by atoms with Gasteiger partial charge >= 0.3 is 0 Å². The van der Waals surface area contributed by atoms with E-state index in [-0.39, 0.29) is 5.41 Å². The van der Waals surface area contributed by atoms with E-state index in [0.29, 0.717) is 0 Å². The van der Waals surface area contributed by atoms with E-state index in [2.05, 4.69) is 195 Å². The van der Waals surface area contributed by atoms with Gasteiger partial charge in [0.25, 0.3) is 0 Å². The molecule has 1 aromatic heterocycles. The zero-order valence-electron chi connectivity index (χ0n) is 29.6. The number of fused-ring (bicyclic) bond motifs is 12. The van der Waals surface area contributed by atoms with Gasteiger partial charge in [-0.25, -0.2) is 0 Å². The molecule has 0 fully saturated rings. The average Bonchev–Trinajstić information content (AvgIpc) is 3.70. The summed E-state index contributed by atoms with van der Waals surface area (Å²) in [4.78, 5) is 2.45. The second-order valence-electron chi connectivity index (χ2n) is 14.9. The van der Waals surface area contributed by atoms with Crippen LogP contribution in [-0.2, 0) is 5.41 Å². The molecule has 1 aliphatic rings. The molecule has 2 heteroatoms. The largest absolute Gasteiger partial charge is 0.310 e. The van der Waals surface area contributed by atoms with Crippen molar-refractivity contribution in [2.75, 3.05) is 4.90 Å². The molecular weight excluding hydrogens is 659 g/mol. The maximum atomic E-state index is 2.45. The van der Waals surface area contributed by atoms with E-state index < -0.39 is 0 Å². The predicted octanol–water partition coefficient (Wildman–Crippen LogP) is 15.0. The summed E-state index contributed by atoms with van der Waals surface area (Å²) < 4.78 is 2.67. The quantitative estimate of drug-likeness (QED) is 0.166. The smallest absolute Gasteiger partial charge is 0.0468 e. The molecule has 0 aliphatic heterocycles. The van der Waals surface area contributed by atoms with Gasteiger partial charge in [0, 0.05) is 42.6 Å². The van der Waals surface area contributed by atoms with Crippen molar-refractivity contribution in [2.24, 2.45) is 0 Å². The number of rotatable bonds is 4. The van der Waals surface area contributed by atoms with Crippen LogP contribution in [0.5, 0.6) is 0 Å². The molecule has 1 aliphatic carbocycles. The Morgan fingerprint density at radius 1 is 0.377 bits per heavy atom. The van der Waals surface area contributed by atoms with E-state index in [0.717, 1.165) is 17.1 Å². The molecule has 0 saturated heterocycles. The maximum Gasteiger partial charge on any atom is 0.0468 e. The first kappa shape index (κ1) is 30.4. The zero-order valence-corrected chi connectivity index (χ0v) is 30.4. The summed E-state index contributed by atoms with van der Waals surface area (Å²) in [6.45, 7) is 4.73. The van der Waals surface area contributed by atoms with Gasteiger partial charge in [-0.15, -0.1) is 11.3 Å². The Morgan fingerprint density at radius 2 is 0.906 bits per heavy atom. The van der Waals surface area contributed by atoms with Crippen molar-refractivity contribution in [3.05, 3.63) is 187 Å². The Morgan fingerprint density at radius 3 is 1.66 bits per heavy atom. The van der Waals surface area contributed by atoms with E-state index in [1.54, 1.807) is 0 Å². The lowest BCUT2D eigenvalue weighted by molar-refractivity contribution is 0.660. The first-order chi connectivity index (χ1) is 26.0. The van der Waals surface area contributed by atoms with Crippen molar-refractivity contribution in [3.63, 3.8) is 0 Å². The van der Waals surface area contributed by atoms with Crippen LogP contribution in [0.2, 0.25) is 0 Å². The molecule has 0 spiro atoms. The average molecular weight is 694 g/mol. The number of nitrogens with zero attached hydrogens (tertiary/aromatic N) is 1. The Balaban J connectivity index is 1.11. The maximum absolute atomic E-state index is 2.45.